The highest BCUT2D eigenvalue weighted by Gasteiger charge is 2.31. The molecule has 0 radical (unpaired) electrons. The minimum absolute atomic E-state index is 0.137. The van der Waals surface area contributed by atoms with E-state index in [9.17, 15) is 0 Å². The predicted molar refractivity (Wildman–Crippen MR) is 81.3 cm³/mol. The SMILES string of the molecule is C[C@@H](N)c1ccc(N2CCC3CCCCC3C2)cc1. The number of piperidine rings is 1. The highest BCUT2D eigenvalue weighted by molar-refractivity contribution is 5.48. The van der Waals surface area contributed by atoms with Crippen molar-refractivity contribution in [2.75, 3.05) is 18.0 Å². The summed E-state index contributed by atoms with van der Waals surface area (Å²) in [5.74, 6) is 1.95. The summed E-state index contributed by atoms with van der Waals surface area (Å²) in [7, 11) is 0. The highest BCUT2D eigenvalue weighted by atomic mass is 15.1. The van der Waals surface area contributed by atoms with Crippen LogP contribution in [-0.4, -0.2) is 13.1 Å². The van der Waals surface area contributed by atoms with E-state index in [0.29, 0.717) is 0 Å². The number of rotatable bonds is 2. The summed E-state index contributed by atoms with van der Waals surface area (Å²) in [6, 6.07) is 9.02. The lowest BCUT2D eigenvalue weighted by Crippen LogP contribution is -2.41. The van der Waals surface area contributed by atoms with Crippen molar-refractivity contribution in [1.82, 2.24) is 0 Å². The van der Waals surface area contributed by atoms with Crippen molar-refractivity contribution >= 4 is 5.69 Å². The summed E-state index contributed by atoms with van der Waals surface area (Å²) in [5, 5.41) is 0. The van der Waals surface area contributed by atoms with Gasteiger partial charge in [-0.3, -0.25) is 0 Å². The molecular formula is C17H26N2. The summed E-state index contributed by atoms with van der Waals surface area (Å²) < 4.78 is 0. The molecule has 0 bridgehead atoms. The zero-order chi connectivity index (χ0) is 13.2. The maximum atomic E-state index is 5.92. The molecule has 2 nitrogen and oxygen atoms in total. The molecule has 1 saturated carbocycles. The lowest BCUT2D eigenvalue weighted by molar-refractivity contribution is 0.202. The van der Waals surface area contributed by atoms with Crippen LogP contribution in [0.4, 0.5) is 5.69 Å². The Bertz CT molecular complexity index is 410. The second kappa shape index (κ2) is 5.54. The van der Waals surface area contributed by atoms with Crippen LogP contribution in [0.1, 0.15) is 50.6 Å². The first-order valence-electron chi connectivity index (χ1n) is 7.84. The van der Waals surface area contributed by atoms with E-state index < -0.39 is 0 Å². The molecule has 0 spiro atoms. The molecule has 1 saturated heterocycles. The van der Waals surface area contributed by atoms with Crippen molar-refractivity contribution in [3.05, 3.63) is 29.8 Å². The van der Waals surface area contributed by atoms with Crippen LogP contribution in [0.15, 0.2) is 24.3 Å². The van der Waals surface area contributed by atoms with E-state index in [1.807, 2.05) is 6.92 Å². The van der Waals surface area contributed by atoms with Crippen LogP contribution in [0.5, 0.6) is 0 Å². The van der Waals surface area contributed by atoms with Gasteiger partial charge in [0, 0.05) is 24.8 Å². The lowest BCUT2D eigenvalue weighted by atomic mass is 9.75. The Kier molecular flexibility index (Phi) is 3.79. The second-order valence-corrected chi connectivity index (χ2v) is 6.42. The quantitative estimate of drug-likeness (QED) is 0.876. The molecule has 2 aliphatic rings. The molecule has 1 heterocycles. The molecule has 1 aliphatic carbocycles. The Balaban J connectivity index is 1.69. The number of hydrogen-bond acceptors (Lipinski definition) is 2. The van der Waals surface area contributed by atoms with Gasteiger partial charge in [-0.25, -0.2) is 0 Å². The van der Waals surface area contributed by atoms with Gasteiger partial charge in [-0.15, -0.1) is 0 Å². The van der Waals surface area contributed by atoms with Gasteiger partial charge in [-0.2, -0.15) is 0 Å². The zero-order valence-electron chi connectivity index (χ0n) is 12.0. The van der Waals surface area contributed by atoms with Crippen LogP contribution in [0.3, 0.4) is 0 Å². The van der Waals surface area contributed by atoms with Gasteiger partial charge in [0.2, 0.25) is 0 Å². The Morgan fingerprint density at radius 2 is 1.74 bits per heavy atom. The van der Waals surface area contributed by atoms with Gasteiger partial charge in [0.05, 0.1) is 0 Å². The van der Waals surface area contributed by atoms with Crippen LogP contribution in [0, 0.1) is 11.8 Å². The standard InChI is InChI=1S/C17H26N2/c1-13(18)14-6-8-17(9-7-14)19-11-10-15-4-2-3-5-16(15)12-19/h6-9,13,15-16H,2-5,10-12,18H2,1H3/t13-,15?,16?/m1/s1. The van der Waals surface area contributed by atoms with Crippen LogP contribution >= 0.6 is 0 Å². The molecule has 1 aromatic rings. The molecule has 104 valence electrons. The second-order valence-electron chi connectivity index (χ2n) is 6.42. The minimum Gasteiger partial charge on any atom is -0.371 e. The van der Waals surface area contributed by atoms with Crippen LogP contribution in [-0.2, 0) is 0 Å². The summed E-state index contributed by atoms with van der Waals surface area (Å²) in [5.41, 5.74) is 8.53. The fourth-order valence-corrected chi connectivity index (χ4v) is 3.82. The zero-order valence-corrected chi connectivity index (χ0v) is 12.0. The van der Waals surface area contributed by atoms with E-state index in [0.717, 1.165) is 11.8 Å². The summed E-state index contributed by atoms with van der Waals surface area (Å²) in [6.07, 6.45) is 7.21. The van der Waals surface area contributed by atoms with E-state index in [-0.39, 0.29) is 6.04 Å². The van der Waals surface area contributed by atoms with E-state index in [1.54, 1.807) is 0 Å². The van der Waals surface area contributed by atoms with Gasteiger partial charge in [-0.1, -0.05) is 31.4 Å². The number of anilines is 1. The van der Waals surface area contributed by atoms with Crippen molar-refractivity contribution in [2.24, 2.45) is 17.6 Å². The number of fused-ring (bicyclic) bond motifs is 1. The van der Waals surface area contributed by atoms with Crippen molar-refractivity contribution in [1.29, 1.82) is 0 Å². The Hall–Kier alpha value is -1.02. The maximum absolute atomic E-state index is 5.92. The molecule has 3 rings (SSSR count). The van der Waals surface area contributed by atoms with Crippen LogP contribution in [0.2, 0.25) is 0 Å². The first-order chi connectivity index (χ1) is 9.24. The fraction of sp³-hybridized carbons (Fsp3) is 0.647. The van der Waals surface area contributed by atoms with Gasteiger partial charge in [-0.05, 0) is 49.3 Å². The Morgan fingerprint density at radius 1 is 1.05 bits per heavy atom. The average Bonchev–Trinajstić information content (AvgIpc) is 2.47. The van der Waals surface area contributed by atoms with Gasteiger partial charge >= 0.3 is 0 Å². The average molecular weight is 258 g/mol. The Labute approximate surface area is 117 Å². The largest absolute Gasteiger partial charge is 0.371 e. The van der Waals surface area contributed by atoms with Gasteiger partial charge in [0.15, 0.2) is 0 Å². The molecular weight excluding hydrogens is 232 g/mol. The van der Waals surface area contributed by atoms with E-state index >= 15 is 0 Å². The van der Waals surface area contributed by atoms with Crippen molar-refractivity contribution in [2.45, 2.75) is 45.1 Å². The third-order valence-electron chi connectivity index (χ3n) is 5.08. The summed E-state index contributed by atoms with van der Waals surface area (Å²) >= 11 is 0. The number of hydrogen-bond donors (Lipinski definition) is 1. The van der Waals surface area contributed by atoms with E-state index in [4.69, 9.17) is 5.73 Å². The molecule has 0 aromatic heterocycles. The van der Waals surface area contributed by atoms with Crippen LogP contribution in [0.25, 0.3) is 0 Å². The summed E-state index contributed by atoms with van der Waals surface area (Å²) in [6.45, 7) is 4.55. The van der Waals surface area contributed by atoms with Crippen molar-refractivity contribution in [3.63, 3.8) is 0 Å². The van der Waals surface area contributed by atoms with Gasteiger partial charge < -0.3 is 10.6 Å². The predicted octanol–water partition coefficient (Wildman–Crippen LogP) is 3.72. The molecule has 2 heteroatoms. The molecule has 2 fully saturated rings. The molecule has 2 unspecified atom stereocenters. The fourth-order valence-electron chi connectivity index (χ4n) is 3.82. The molecule has 1 aromatic carbocycles. The summed E-state index contributed by atoms with van der Waals surface area (Å²) in [4.78, 5) is 2.58. The van der Waals surface area contributed by atoms with Gasteiger partial charge in [0.25, 0.3) is 0 Å². The monoisotopic (exact) mass is 258 g/mol. The molecule has 19 heavy (non-hydrogen) atoms. The first-order valence-corrected chi connectivity index (χ1v) is 7.84. The van der Waals surface area contributed by atoms with Gasteiger partial charge in [0.1, 0.15) is 0 Å². The number of nitrogens with zero attached hydrogens (tertiary/aromatic N) is 1. The maximum Gasteiger partial charge on any atom is 0.0366 e. The highest BCUT2D eigenvalue weighted by Crippen LogP contribution is 2.37. The topological polar surface area (TPSA) is 29.3 Å². The molecule has 1 aliphatic heterocycles. The third kappa shape index (κ3) is 2.79. The van der Waals surface area contributed by atoms with Crippen LogP contribution < -0.4 is 10.6 Å². The lowest BCUT2D eigenvalue weighted by Gasteiger charge is -2.42. The van der Waals surface area contributed by atoms with E-state index in [1.165, 1.54) is 56.4 Å². The number of benzene rings is 1. The smallest absolute Gasteiger partial charge is 0.0366 e. The molecule has 0 amide bonds. The normalized spacial score (nSPS) is 28.8. The van der Waals surface area contributed by atoms with Crippen molar-refractivity contribution in [3.8, 4) is 0 Å². The number of nitrogens with two attached hydrogens (primary N) is 1. The van der Waals surface area contributed by atoms with E-state index in [2.05, 4.69) is 29.2 Å². The first kappa shape index (κ1) is 13.0. The molecule has 2 N–H and O–H groups in total. The third-order valence-corrected chi connectivity index (χ3v) is 5.08. The Morgan fingerprint density at radius 3 is 2.42 bits per heavy atom. The molecule has 3 atom stereocenters. The minimum atomic E-state index is 0.137. The van der Waals surface area contributed by atoms with Crippen molar-refractivity contribution < 1.29 is 0 Å².